The van der Waals surface area contributed by atoms with Crippen LogP contribution in [0.15, 0.2) is 60.1 Å². The monoisotopic (exact) mass is 527 g/mol. The molecule has 1 N–H and O–H groups in total. The number of fused-ring (bicyclic) bond motifs is 1. The lowest BCUT2D eigenvalue weighted by Crippen LogP contribution is -2.38. The Kier molecular flexibility index (Phi) is 6.24. The number of likely N-dealkylation sites (tertiary alicyclic amines) is 1. The van der Waals surface area contributed by atoms with E-state index in [1.165, 1.54) is 11.3 Å². The number of ether oxygens (including phenoxy) is 1. The lowest BCUT2D eigenvalue weighted by Gasteiger charge is -2.31. The van der Waals surface area contributed by atoms with Crippen molar-refractivity contribution in [2.24, 2.45) is 0 Å². The van der Waals surface area contributed by atoms with Crippen LogP contribution >= 0.6 is 11.3 Å². The minimum Gasteiger partial charge on any atom is -0.457 e. The second kappa shape index (κ2) is 9.86. The van der Waals surface area contributed by atoms with Crippen LogP contribution in [-0.4, -0.2) is 50.5 Å². The normalized spacial score (nSPS) is 15.3. The number of benzene rings is 2. The van der Waals surface area contributed by atoms with Crippen LogP contribution in [0.4, 0.5) is 5.69 Å². The molecule has 0 atom stereocenters. The zero-order valence-electron chi connectivity index (χ0n) is 20.7. The van der Waals surface area contributed by atoms with Gasteiger partial charge in [-0.3, -0.25) is 9.59 Å². The van der Waals surface area contributed by atoms with Gasteiger partial charge in [0.15, 0.2) is 0 Å². The molecule has 0 aliphatic carbocycles. The Morgan fingerprint density at radius 3 is 2.68 bits per heavy atom. The number of rotatable bonds is 5. The van der Waals surface area contributed by atoms with Gasteiger partial charge >= 0.3 is 5.97 Å². The van der Waals surface area contributed by atoms with E-state index in [0.29, 0.717) is 35.6 Å². The summed E-state index contributed by atoms with van der Waals surface area (Å²) in [5.41, 5.74) is 4.51. The van der Waals surface area contributed by atoms with Crippen molar-refractivity contribution in [1.29, 1.82) is 0 Å². The summed E-state index contributed by atoms with van der Waals surface area (Å²) in [5.74, 6) is -0.525. The minimum absolute atomic E-state index is 0.0134. The van der Waals surface area contributed by atoms with Gasteiger partial charge in [0, 0.05) is 35.6 Å². The van der Waals surface area contributed by atoms with Crippen molar-refractivity contribution in [3.8, 4) is 5.69 Å². The summed E-state index contributed by atoms with van der Waals surface area (Å²) in [7, 11) is 0. The first-order valence-electron chi connectivity index (χ1n) is 12.4. The van der Waals surface area contributed by atoms with E-state index in [-0.39, 0.29) is 30.3 Å². The average Bonchev–Trinajstić information content (AvgIpc) is 3.68. The number of nitrogens with zero attached hydrogens (tertiary/aromatic N) is 4. The smallest absolute Gasteiger partial charge is 0.338 e. The molecule has 0 saturated carbocycles. The fourth-order valence-corrected chi connectivity index (χ4v) is 5.89. The number of carbonyl (C=O) groups is 3. The van der Waals surface area contributed by atoms with Crippen LogP contribution in [0.2, 0.25) is 0 Å². The van der Waals surface area contributed by atoms with Gasteiger partial charge in [-0.1, -0.05) is 24.3 Å². The lowest BCUT2D eigenvalue weighted by atomic mass is 9.97. The van der Waals surface area contributed by atoms with E-state index in [4.69, 9.17) is 4.74 Å². The molecule has 6 rings (SSSR count). The fraction of sp³-hybridized carbons (Fsp3) is 0.250. The van der Waals surface area contributed by atoms with Gasteiger partial charge < -0.3 is 15.0 Å². The number of hydrogen-bond acceptors (Lipinski definition) is 7. The van der Waals surface area contributed by atoms with Gasteiger partial charge in [0.2, 0.25) is 0 Å². The van der Waals surface area contributed by atoms with Gasteiger partial charge in [-0.05, 0) is 44.0 Å². The van der Waals surface area contributed by atoms with E-state index in [1.807, 2.05) is 42.2 Å². The van der Waals surface area contributed by atoms with Crippen LogP contribution in [0.25, 0.3) is 5.69 Å². The molecule has 4 aromatic rings. The highest BCUT2D eigenvalue weighted by molar-refractivity contribution is 7.10. The first-order valence-corrected chi connectivity index (χ1v) is 13.3. The van der Waals surface area contributed by atoms with E-state index in [0.717, 1.165) is 34.8 Å². The Morgan fingerprint density at radius 1 is 1.11 bits per heavy atom. The third-order valence-electron chi connectivity index (χ3n) is 7.07. The minimum atomic E-state index is -0.378. The average molecular weight is 528 g/mol. The van der Waals surface area contributed by atoms with Crippen molar-refractivity contribution in [2.75, 3.05) is 18.4 Å². The van der Waals surface area contributed by atoms with Crippen molar-refractivity contribution in [3.05, 3.63) is 93.2 Å². The van der Waals surface area contributed by atoms with Gasteiger partial charge in [0.25, 0.3) is 11.8 Å². The number of anilines is 1. The summed E-state index contributed by atoms with van der Waals surface area (Å²) in [5, 5.41) is 9.91. The topological polar surface area (TPSA) is 106 Å². The Balaban J connectivity index is 1.07. The molecule has 2 aromatic heterocycles. The van der Waals surface area contributed by atoms with Gasteiger partial charge in [-0.25, -0.2) is 14.5 Å². The quantitative estimate of drug-likeness (QED) is 0.381. The molecule has 2 aliphatic heterocycles. The largest absolute Gasteiger partial charge is 0.457 e. The summed E-state index contributed by atoms with van der Waals surface area (Å²) in [6.07, 6.45) is 3.20. The summed E-state index contributed by atoms with van der Waals surface area (Å²) >= 11 is 1.46. The maximum absolute atomic E-state index is 13.2. The summed E-state index contributed by atoms with van der Waals surface area (Å²) < 4.78 is 6.81. The second-order valence-corrected chi connectivity index (χ2v) is 10.3. The van der Waals surface area contributed by atoms with Crippen LogP contribution in [0.1, 0.15) is 66.2 Å². The van der Waals surface area contributed by atoms with Crippen LogP contribution < -0.4 is 5.32 Å². The third-order valence-corrected chi connectivity index (χ3v) is 8.08. The molecule has 1 fully saturated rings. The molecule has 0 radical (unpaired) electrons. The molecule has 4 heterocycles. The first-order chi connectivity index (χ1) is 18.5. The molecular formula is C28H25N5O4S. The summed E-state index contributed by atoms with van der Waals surface area (Å²) in [6.45, 7) is 3.41. The molecule has 192 valence electrons. The van der Waals surface area contributed by atoms with Crippen LogP contribution in [0.3, 0.4) is 0 Å². The van der Waals surface area contributed by atoms with Crippen molar-refractivity contribution in [3.63, 3.8) is 0 Å². The Labute approximate surface area is 223 Å². The SMILES string of the molecule is Cc1c(C(=O)N2CCC(c3nc(C(=O)Nc4ccc5c(c4)C(=O)OC5)cs3)CC2)cnn1-c1ccccc1. The Morgan fingerprint density at radius 2 is 1.89 bits per heavy atom. The molecule has 38 heavy (non-hydrogen) atoms. The van der Waals surface area contributed by atoms with E-state index >= 15 is 0 Å². The van der Waals surface area contributed by atoms with Crippen LogP contribution in [0, 0.1) is 6.92 Å². The maximum atomic E-state index is 13.2. The van der Waals surface area contributed by atoms with Gasteiger partial charge in [-0.15, -0.1) is 11.3 Å². The fourth-order valence-electron chi connectivity index (χ4n) is 4.91. The highest BCUT2D eigenvalue weighted by Crippen LogP contribution is 2.32. The number of piperidine rings is 1. The van der Waals surface area contributed by atoms with E-state index in [9.17, 15) is 14.4 Å². The van der Waals surface area contributed by atoms with Crippen LogP contribution in [0.5, 0.6) is 0 Å². The zero-order chi connectivity index (χ0) is 26.2. The molecule has 0 bridgehead atoms. The predicted octanol–water partition coefficient (Wildman–Crippen LogP) is 4.58. The molecule has 1 saturated heterocycles. The van der Waals surface area contributed by atoms with Gasteiger partial charge in [0.05, 0.1) is 33.7 Å². The van der Waals surface area contributed by atoms with Crippen molar-refractivity contribution >= 4 is 34.8 Å². The standard InChI is InChI=1S/C28H25N5O4S/c1-17-23(14-29-33(17)21-5-3-2-4-6-21)27(35)32-11-9-18(10-12-32)26-31-24(16-38-26)25(34)30-20-8-7-19-15-37-28(36)22(19)13-20/h2-8,13-14,16,18H,9-12,15H2,1H3,(H,30,34). The van der Waals surface area contributed by atoms with Crippen molar-refractivity contribution in [2.45, 2.75) is 32.3 Å². The number of amides is 2. The van der Waals surface area contributed by atoms with E-state index in [1.54, 1.807) is 34.5 Å². The highest BCUT2D eigenvalue weighted by atomic mass is 32.1. The number of nitrogens with one attached hydrogen (secondary N) is 1. The van der Waals surface area contributed by atoms with Gasteiger partial charge in [0.1, 0.15) is 12.3 Å². The number of para-hydroxylation sites is 1. The van der Waals surface area contributed by atoms with Gasteiger partial charge in [-0.2, -0.15) is 5.10 Å². The van der Waals surface area contributed by atoms with Crippen molar-refractivity contribution in [1.82, 2.24) is 19.7 Å². The molecular weight excluding hydrogens is 502 g/mol. The summed E-state index contributed by atoms with van der Waals surface area (Å²) in [6, 6.07) is 14.9. The lowest BCUT2D eigenvalue weighted by molar-refractivity contribution is 0.0534. The molecule has 2 aromatic carbocycles. The molecule has 0 unspecified atom stereocenters. The second-order valence-electron chi connectivity index (χ2n) is 9.43. The van der Waals surface area contributed by atoms with Crippen LogP contribution in [-0.2, 0) is 11.3 Å². The number of thiazole rings is 1. The molecule has 10 heteroatoms. The molecule has 2 amide bonds. The van der Waals surface area contributed by atoms with E-state index < -0.39 is 0 Å². The molecule has 2 aliphatic rings. The number of cyclic esters (lactones) is 1. The summed E-state index contributed by atoms with van der Waals surface area (Å²) in [4.78, 5) is 44.3. The molecule has 9 nitrogen and oxygen atoms in total. The Bertz CT molecular complexity index is 1540. The number of hydrogen-bond donors (Lipinski definition) is 1. The highest BCUT2D eigenvalue weighted by Gasteiger charge is 2.29. The number of carbonyl (C=O) groups excluding carboxylic acids is 3. The van der Waals surface area contributed by atoms with E-state index in [2.05, 4.69) is 15.4 Å². The zero-order valence-corrected chi connectivity index (χ0v) is 21.5. The number of aromatic nitrogens is 3. The third kappa shape index (κ3) is 4.47. The first kappa shape index (κ1) is 24.1. The molecule has 0 spiro atoms. The predicted molar refractivity (Wildman–Crippen MR) is 142 cm³/mol. The maximum Gasteiger partial charge on any atom is 0.338 e. The number of esters is 1. The Hall–Kier alpha value is -4.31. The van der Waals surface area contributed by atoms with Crippen molar-refractivity contribution < 1.29 is 19.1 Å².